The molecule has 3 aromatic rings. The molecule has 0 aliphatic carbocycles. The summed E-state index contributed by atoms with van der Waals surface area (Å²) in [5.74, 6) is -0.190. The van der Waals surface area contributed by atoms with E-state index in [9.17, 15) is 18.0 Å². The Morgan fingerprint density at radius 1 is 1.17 bits per heavy atom. The zero-order chi connectivity index (χ0) is 17.3. The molecule has 0 aliphatic heterocycles. The molecule has 0 radical (unpaired) electrons. The number of carbonyl (C=O) groups is 1. The summed E-state index contributed by atoms with van der Waals surface area (Å²) in [7, 11) is 1.62. The SMILES string of the molecule is CN(Cc1ccc(C(F)(F)F)cc1)C(=O)c1ccc2ncsc2c1. The van der Waals surface area contributed by atoms with Crippen LogP contribution in [0.25, 0.3) is 10.2 Å². The van der Waals surface area contributed by atoms with E-state index in [2.05, 4.69) is 4.98 Å². The van der Waals surface area contributed by atoms with Crippen molar-refractivity contribution >= 4 is 27.5 Å². The van der Waals surface area contributed by atoms with Crippen molar-refractivity contribution in [1.82, 2.24) is 9.88 Å². The fourth-order valence-electron chi connectivity index (χ4n) is 2.35. The second kappa shape index (κ2) is 6.24. The first-order valence-electron chi connectivity index (χ1n) is 7.09. The van der Waals surface area contributed by atoms with Gasteiger partial charge in [0.2, 0.25) is 0 Å². The lowest BCUT2D eigenvalue weighted by atomic mass is 10.1. The smallest absolute Gasteiger partial charge is 0.337 e. The second-order valence-corrected chi connectivity index (χ2v) is 6.28. The Morgan fingerprint density at radius 3 is 2.54 bits per heavy atom. The summed E-state index contributed by atoms with van der Waals surface area (Å²) < 4.78 is 38.6. The highest BCUT2D eigenvalue weighted by atomic mass is 32.1. The highest BCUT2D eigenvalue weighted by molar-refractivity contribution is 7.16. The molecule has 1 amide bonds. The molecule has 0 unspecified atom stereocenters. The van der Waals surface area contributed by atoms with Crippen LogP contribution in [0.15, 0.2) is 48.0 Å². The van der Waals surface area contributed by atoms with Gasteiger partial charge >= 0.3 is 6.18 Å². The van der Waals surface area contributed by atoms with Gasteiger partial charge < -0.3 is 4.90 Å². The monoisotopic (exact) mass is 350 g/mol. The van der Waals surface area contributed by atoms with Crippen molar-refractivity contribution in [2.24, 2.45) is 0 Å². The molecule has 0 N–H and O–H groups in total. The van der Waals surface area contributed by atoms with Gasteiger partial charge in [-0.1, -0.05) is 12.1 Å². The van der Waals surface area contributed by atoms with Crippen molar-refractivity contribution in [3.05, 3.63) is 64.7 Å². The highest BCUT2D eigenvalue weighted by Crippen LogP contribution is 2.29. The Hall–Kier alpha value is -2.41. The van der Waals surface area contributed by atoms with E-state index < -0.39 is 11.7 Å². The van der Waals surface area contributed by atoms with E-state index in [0.29, 0.717) is 11.1 Å². The number of alkyl halides is 3. The van der Waals surface area contributed by atoms with E-state index in [-0.39, 0.29) is 12.5 Å². The zero-order valence-corrected chi connectivity index (χ0v) is 13.5. The molecule has 7 heteroatoms. The molecular weight excluding hydrogens is 337 g/mol. The van der Waals surface area contributed by atoms with Crippen LogP contribution in [0.4, 0.5) is 13.2 Å². The van der Waals surface area contributed by atoms with Crippen molar-refractivity contribution in [2.45, 2.75) is 12.7 Å². The number of thiazole rings is 1. The molecule has 3 rings (SSSR count). The molecule has 2 aromatic carbocycles. The van der Waals surface area contributed by atoms with Gasteiger partial charge in [0.1, 0.15) is 0 Å². The van der Waals surface area contributed by atoms with E-state index >= 15 is 0 Å². The molecule has 0 bridgehead atoms. The van der Waals surface area contributed by atoms with Crippen LogP contribution < -0.4 is 0 Å². The van der Waals surface area contributed by atoms with Gasteiger partial charge in [-0.3, -0.25) is 4.79 Å². The number of benzene rings is 2. The van der Waals surface area contributed by atoms with Crippen LogP contribution >= 0.6 is 11.3 Å². The Balaban J connectivity index is 1.73. The minimum absolute atomic E-state index is 0.190. The number of halogens is 3. The first-order chi connectivity index (χ1) is 11.3. The number of rotatable bonds is 3. The molecule has 0 aliphatic rings. The number of amides is 1. The topological polar surface area (TPSA) is 33.2 Å². The van der Waals surface area contributed by atoms with Gasteiger partial charge in [0.15, 0.2) is 0 Å². The number of nitrogens with zero attached hydrogens (tertiary/aromatic N) is 2. The van der Waals surface area contributed by atoms with E-state index in [1.54, 1.807) is 30.8 Å². The van der Waals surface area contributed by atoms with Crippen LogP contribution in [0.5, 0.6) is 0 Å². The third kappa shape index (κ3) is 3.41. The number of hydrogen-bond acceptors (Lipinski definition) is 3. The Kier molecular flexibility index (Phi) is 4.28. The maximum absolute atomic E-state index is 12.6. The maximum atomic E-state index is 12.6. The third-order valence-electron chi connectivity index (χ3n) is 3.63. The second-order valence-electron chi connectivity index (χ2n) is 5.39. The summed E-state index contributed by atoms with van der Waals surface area (Å²) in [6.07, 6.45) is -4.36. The Bertz CT molecular complexity index is 871. The van der Waals surface area contributed by atoms with Gasteiger partial charge in [-0.05, 0) is 35.9 Å². The molecule has 1 aromatic heterocycles. The number of hydrogen-bond donors (Lipinski definition) is 0. The van der Waals surface area contributed by atoms with Crippen LogP contribution in [-0.4, -0.2) is 22.8 Å². The molecule has 0 saturated carbocycles. The van der Waals surface area contributed by atoms with Crippen molar-refractivity contribution in [3.63, 3.8) is 0 Å². The molecule has 0 atom stereocenters. The van der Waals surface area contributed by atoms with Crippen molar-refractivity contribution in [2.75, 3.05) is 7.05 Å². The zero-order valence-electron chi connectivity index (χ0n) is 12.7. The Morgan fingerprint density at radius 2 is 1.88 bits per heavy atom. The van der Waals surface area contributed by atoms with E-state index in [1.165, 1.54) is 28.4 Å². The summed E-state index contributed by atoms with van der Waals surface area (Å²) in [5.41, 5.74) is 3.02. The standard InChI is InChI=1S/C17H13F3N2OS/c1-22(9-11-2-5-13(6-3-11)17(18,19)20)16(23)12-4-7-14-15(8-12)24-10-21-14/h2-8,10H,9H2,1H3. The van der Waals surface area contributed by atoms with E-state index in [1.807, 2.05) is 0 Å². The van der Waals surface area contributed by atoms with Crippen LogP contribution in [0.2, 0.25) is 0 Å². The number of aromatic nitrogens is 1. The fraction of sp³-hybridized carbons (Fsp3) is 0.176. The third-order valence-corrected chi connectivity index (χ3v) is 4.42. The van der Waals surface area contributed by atoms with Crippen LogP contribution in [0.3, 0.4) is 0 Å². The lowest BCUT2D eigenvalue weighted by Crippen LogP contribution is -2.26. The van der Waals surface area contributed by atoms with E-state index in [0.717, 1.165) is 22.3 Å². The molecule has 0 fully saturated rings. The molecule has 1 heterocycles. The van der Waals surface area contributed by atoms with E-state index in [4.69, 9.17) is 0 Å². The molecule has 24 heavy (non-hydrogen) atoms. The van der Waals surface area contributed by atoms with Crippen LogP contribution in [0, 0.1) is 0 Å². The van der Waals surface area contributed by atoms with Gasteiger partial charge in [0.25, 0.3) is 5.91 Å². The maximum Gasteiger partial charge on any atom is 0.416 e. The highest BCUT2D eigenvalue weighted by Gasteiger charge is 2.30. The normalized spacial score (nSPS) is 11.7. The van der Waals surface area contributed by atoms with Crippen LogP contribution in [-0.2, 0) is 12.7 Å². The van der Waals surface area contributed by atoms with Gasteiger partial charge in [0.05, 0.1) is 21.3 Å². The van der Waals surface area contributed by atoms with Gasteiger partial charge in [-0.15, -0.1) is 11.3 Å². The van der Waals surface area contributed by atoms with Crippen molar-refractivity contribution in [3.8, 4) is 0 Å². The first-order valence-corrected chi connectivity index (χ1v) is 7.97. The quantitative estimate of drug-likeness (QED) is 0.692. The predicted molar refractivity (Wildman–Crippen MR) is 86.9 cm³/mol. The summed E-state index contributed by atoms with van der Waals surface area (Å²) in [5, 5.41) is 0. The molecule has 0 spiro atoms. The lowest BCUT2D eigenvalue weighted by molar-refractivity contribution is -0.137. The molecular formula is C17H13F3N2OS. The largest absolute Gasteiger partial charge is 0.416 e. The molecule has 0 saturated heterocycles. The summed E-state index contributed by atoms with van der Waals surface area (Å²) in [4.78, 5) is 18.1. The van der Waals surface area contributed by atoms with Crippen molar-refractivity contribution < 1.29 is 18.0 Å². The molecule has 3 nitrogen and oxygen atoms in total. The predicted octanol–water partition coefficient (Wildman–Crippen LogP) is 4.59. The van der Waals surface area contributed by atoms with Gasteiger partial charge in [-0.2, -0.15) is 13.2 Å². The van der Waals surface area contributed by atoms with Crippen molar-refractivity contribution in [1.29, 1.82) is 0 Å². The van der Waals surface area contributed by atoms with Gasteiger partial charge in [0, 0.05) is 19.2 Å². The fourth-order valence-corrected chi connectivity index (χ4v) is 3.07. The summed E-state index contributed by atoms with van der Waals surface area (Å²) in [6.45, 7) is 0.234. The lowest BCUT2D eigenvalue weighted by Gasteiger charge is -2.18. The molecule has 124 valence electrons. The number of fused-ring (bicyclic) bond motifs is 1. The van der Waals surface area contributed by atoms with Crippen LogP contribution in [0.1, 0.15) is 21.5 Å². The average molecular weight is 350 g/mol. The summed E-state index contributed by atoms with van der Waals surface area (Å²) >= 11 is 1.45. The average Bonchev–Trinajstić information content (AvgIpc) is 3.01. The minimum Gasteiger partial charge on any atom is -0.337 e. The first kappa shape index (κ1) is 16.4. The van der Waals surface area contributed by atoms with Gasteiger partial charge in [-0.25, -0.2) is 4.98 Å². The number of carbonyl (C=O) groups excluding carboxylic acids is 1. The minimum atomic E-state index is -4.36. The Labute approximate surface area is 140 Å². The summed E-state index contributed by atoms with van der Waals surface area (Å²) in [6, 6.07) is 10.1.